The summed E-state index contributed by atoms with van der Waals surface area (Å²) in [4.78, 5) is 21.7. The smallest absolute Gasteiger partial charge is 0.346 e. The lowest BCUT2D eigenvalue weighted by Crippen LogP contribution is -1.96. The molecule has 4 nitrogen and oxygen atoms in total. The van der Waals surface area contributed by atoms with Gasteiger partial charge in [-0.15, -0.1) is 0 Å². The summed E-state index contributed by atoms with van der Waals surface area (Å²) >= 11 is 0. The van der Waals surface area contributed by atoms with Gasteiger partial charge in [0, 0.05) is 0 Å². The normalized spacial score (nSPS) is 13.3. The quantitative estimate of drug-likeness (QED) is 0.462. The number of cyclic esters (lactones) is 2. The van der Waals surface area contributed by atoms with Gasteiger partial charge < -0.3 is 10.9 Å². The van der Waals surface area contributed by atoms with Crippen LogP contribution in [0.1, 0.15) is 20.7 Å². The van der Waals surface area contributed by atoms with Crippen molar-refractivity contribution < 1.29 is 14.3 Å². The third kappa shape index (κ3) is 0.981. The van der Waals surface area contributed by atoms with Crippen molar-refractivity contribution in [2.45, 2.75) is 0 Å². The Kier molecular flexibility index (Phi) is 1.93. The lowest BCUT2D eigenvalue weighted by molar-refractivity contribution is 0.0444. The molecule has 0 saturated heterocycles. The zero-order valence-corrected chi connectivity index (χ0v) is 6.24. The molecule has 12 heavy (non-hydrogen) atoms. The minimum absolute atomic E-state index is 0. The summed E-state index contributed by atoms with van der Waals surface area (Å²) in [6.45, 7) is 0. The summed E-state index contributed by atoms with van der Waals surface area (Å²) in [7, 11) is 0. The van der Waals surface area contributed by atoms with E-state index in [4.69, 9.17) is 0 Å². The van der Waals surface area contributed by atoms with Crippen LogP contribution in [0.25, 0.3) is 0 Å². The third-order valence-corrected chi connectivity index (χ3v) is 1.55. The Hall–Kier alpha value is -1.68. The van der Waals surface area contributed by atoms with Gasteiger partial charge in [0.25, 0.3) is 0 Å². The van der Waals surface area contributed by atoms with Crippen LogP contribution < -0.4 is 6.15 Å². The topological polar surface area (TPSA) is 78.4 Å². The molecule has 3 N–H and O–H groups in total. The minimum Gasteiger partial charge on any atom is -0.386 e. The molecule has 1 aliphatic heterocycles. The molecule has 0 radical (unpaired) electrons. The Bertz CT molecular complexity index is 313. The highest BCUT2D eigenvalue weighted by atomic mass is 16.6. The number of esters is 2. The molecule has 0 saturated carbocycles. The van der Waals surface area contributed by atoms with Gasteiger partial charge in [-0.1, -0.05) is 12.1 Å². The van der Waals surface area contributed by atoms with E-state index in [1.165, 1.54) is 0 Å². The highest BCUT2D eigenvalue weighted by Crippen LogP contribution is 2.18. The monoisotopic (exact) mass is 165 g/mol. The van der Waals surface area contributed by atoms with Crippen molar-refractivity contribution in [3.63, 3.8) is 0 Å². The number of hydrogen-bond acceptors (Lipinski definition) is 4. The van der Waals surface area contributed by atoms with Gasteiger partial charge in [0.05, 0.1) is 11.1 Å². The molecule has 0 spiro atoms. The maximum absolute atomic E-state index is 10.8. The highest BCUT2D eigenvalue weighted by molar-refractivity contribution is 6.14. The standard InChI is InChI=1S/C8H4O3.H3N/c9-7-5-3-1-2-4-6(5)8(10)11-7;/h1-4H;1H3. The Morgan fingerprint density at radius 1 is 0.917 bits per heavy atom. The molecule has 1 heterocycles. The van der Waals surface area contributed by atoms with Gasteiger partial charge in [0.15, 0.2) is 0 Å². The van der Waals surface area contributed by atoms with Gasteiger partial charge >= 0.3 is 11.9 Å². The van der Waals surface area contributed by atoms with Crippen LogP contribution >= 0.6 is 0 Å². The molecule has 0 bridgehead atoms. The average Bonchev–Trinajstić information content (AvgIpc) is 2.30. The average molecular weight is 165 g/mol. The molecule has 0 atom stereocenters. The molecule has 4 heteroatoms. The van der Waals surface area contributed by atoms with Gasteiger partial charge in [0.2, 0.25) is 0 Å². The minimum atomic E-state index is -0.550. The van der Waals surface area contributed by atoms with E-state index in [-0.39, 0.29) is 6.15 Å². The van der Waals surface area contributed by atoms with Crippen molar-refractivity contribution in [1.82, 2.24) is 6.15 Å². The first-order valence-electron chi connectivity index (χ1n) is 3.14. The second-order valence-corrected chi connectivity index (χ2v) is 2.22. The Labute approximate surface area is 68.7 Å². The zero-order chi connectivity index (χ0) is 7.84. The number of carbonyl (C=O) groups excluding carboxylic acids is 2. The summed E-state index contributed by atoms with van der Waals surface area (Å²) in [6.07, 6.45) is 0. The highest BCUT2D eigenvalue weighted by Gasteiger charge is 2.28. The van der Waals surface area contributed by atoms with E-state index in [1.807, 2.05) is 0 Å². The number of hydrogen-bond donors (Lipinski definition) is 1. The van der Waals surface area contributed by atoms with Gasteiger partial charge in [-0.2, -0.15) is 0 Å². The molecule has 0 aromatic heterocycles. The molecule has 0 fully saturated rings. The van der Waals surface area contributed by atoms with E-state index in [0.29, 0.717) is 11.1 Å². The van der Waals surface area contributed by atoms with Crippen molar-refractivity contribution in [3.05, 3.63) is 35.4 Å². The first kappa shape index (κ1) is 8.42. The number of fused-ring (bicyclic) bond motifs is 1. The van der Waals surface area contributed by atoms with Crippen LogP contribution in [0.4, 0.5) is 0 Å². The number of ether oxygens (including phenoxy) is 1. The molecule has 0 amide bonds. The van der Waals surface area contributed by atoms with Crippen LogP contribution in [0.15, 0.2) is 24.3 Å². The van der Waals surface area contributed by atoms with Crippen molar-refractivity contribution >= 4 is 11.9 Å². The van der Waals surface area contributed by atoms with Gasteiger partial charge in [0.1, 0.15) is 0 Å². The Morgan fingerprint density at radius 3 is 1.75 bits per heavy atom. The van der Waals surface area contributed by atoms with E-state index in [2.05, 4.69) is 4.74 Å². The predicted molar refractivity (Wildman–Crippen MR) is 41.2 cm³/mol. The lowest BCUT2D eigenvalue weighted by atomic mass is 10.1. The second-order valence-electron chi connectivity index (χ2n) is 2.22. The van der Waals surface area contributed by atoms with E-state index >= 15 is 0 Å². The number of rotatable bonds is 0. The van der Waals surface area contributed by atoms with Crippen molar-refractivity contribution in [2.75, 3.05) is 0 Å². The van der Waals surface area contributed by atoms with Crippen LogP contribution in [0.2, 0.25) is 0 Å². The fourth-order valence-electron chi connectivity index (χ4n) is 1.03. The summed E-state index contributed by atoms with van der Waals surface area (Å²) in [5.41, 5.74) is 0.718. The maximum Gasteiger partial charge on any atom is 0.346 e. The first-order chi connectivity index (χ1) is 5.29. The van der Waals surface area contributed by atoms with Crippen molar-refractivity contribution in [2.24, 2.45) is 0 Å². The first-order valence-corrected chi connectivity index (χ1v) is 3.14. The van der Waals surface area contributed by atoms with Crippen molar-refractivity contribution in [1.29, 1.82) is 0 Å². The van der Waals surface area contributed by atoms with E-state index in [0.717, 1.165) is 0 Å². The van der Waals surface area contributed by atoms with E-state index in [9.17, 15) is 9.59 Å². The Balaban J connectivity index is 0.000000720. The molecule has 2 rings (SSSR count). The van der Waals surface area contributed by atoms with Crippen LogP contribution in [-0.4, -0.2) is 11.9 Å². The van der Waals surface area contributed by atoms with Crippen molar-refractivity contribution in [3.8, 4) is 0 Å². The Morgan fingerprint density at radius 2 is 1.33 bits per heavy atom. The van der Waals surface area contributed by atoms with Crippen LogP contribution in [0, 0.1) is 0 Å². The zero-order valence-electron chi connectivity index (χ0n) is 6.24. The molecule has 62 valence electrons. The third-order valence-electron chi connectivity index (χ3n) is 1.55. The molecule has 0 aliphatic carbocycles. The summed E-state index contributed by atoms with van der Waals surface area (Å²) in [6, 6.07) is 6.53. The molecule has 1 aliphatic rings. The van der Waals surface area contributed by atoms with E-state index < -0.39 is 11.9 Å². The number of benzene rings is 1. The maximum atomic E-state index is 10.8. The molecule has 0 unspecified atom stereocenters. The fourth-order valence-corrected chi connectivity index (χ4v) is 1.03. The molecule has 1 aromatic rings. The van der Waals surface area contributed by atoms with Crippen LogP contribution in [-0.2, 0) is 4.74 Å². The molecular formula is C8H7NO3. The van der Waals surface area contributed by atoms with Crippen LogP contribution in [0.5, 0.6) is 0 Å². The molecular weight excluding hydrogens is 158 g/mol. The lowest BCUT2D eigenvalue weighted by Gasteiger charge is -1.86. The fraction of sp³-hybridized carbons (Fsp3) is 0. The summed E-state index contributed by atoms with van der Waals surface area (Å²) in [5, 5.41) is 0. The van der Waals surface area contributed by atoms with E-state index in [1.54, 1.807) is 24.3 Å². The SMILES string of the molecule is N.O=C1OC(=O)c2ccccc21. The van der Waals surface area contributed by atoms with Gasteiger partial charge in [-0.3, -0.25) is 0 Å². The molecule has 1 aromatic carbocycles. The second kappa shape index (κ2) is 2.75. The largest absolute Gasteiger partial charge is 0.386 e. The van der Waals surface area contributed by atoms with Gasteiger partial charge in [-0.25, -0.2) is 9.59 Å². The predicted octanol–water partition coefficient (Wildman–Crippen LogP) is 1.16. The summed E-state index contributed by atoms with van der Waals surface area (Å²) in [5.74, 6) is -1.10. The summed E-state index contributed by atoms with van der Waals surface area (Å²) < 4.78 is 4.35. The number of carbonyl (C=O) groups is 2. The van der Waals surface area contributed by atoms with Gasteiger partial charge in [-0.05, 0) is 12.1 Å². The van der Waals surface area contributed by atoms with Crippen LogP contribution in [0.3, 0.4) is 0 Å².